The predicted molar refractivity (Wildman–Crippen MR) is 74.3 cm³/mol. The van der Waals surface area contributed by atoms with Crippen molar-refractivity contribution in [3.8, 4) is 11.8 Å². The molecule has 0 saturated heterocycles. The fraction of sp³-hybridized carbons (Fsp3) is 0.417. The first kappa shape index (κ1) is 16.9. The molecule has 0 bridgehead atoms. The van der Waals surface area contributed by atoms with Crippen molar-refractivity contribution in [2.24, 2.45) is 0 Å². The Kier molecular flexibility index (Phi) is 4.88. The number of nitrogens with one attached hydrogen (secondary N) is 1. The number of nitrogens with zero attached hydrogens (tertiary/aromatic N) is 2. The summed E-state index contributed by atoms with van der Waals surface area (Å²) in [7, 11) is -2.81. The molecule has 21 heavy (non-hydrogen) atoms. The Labute approximate surface area is 122 Å². The second-order valence-corrected chi connectivity index (χ2v) is 6.18. The minimum atomic E-state index is -4.06. The minimum absolute atomic E-state index is 0.0440. The summed E-state index contributed by atoms with van der Waals surface area (Å²) < 4.78 is 31.5. The third-order valence-electron chi connectivity index (χ3n) is 2.97. The number of hydrogen-bond acceptors (Lipinski definition) is 6. The summed E-state index contributed by atoms with van der Waals surface area (Å²) >= 11 is 0. The molecule has 0 saturated carbocycles. The van der Waals surface area contributed by atoms with Crippen LogP contribution in [0.5, 0.6) is 5.75 Å². The summed E-state index contributed by atoms with van der Waals surface area (Å²) in [6, 6.07) is 5.14. The van der Waals surface area contributed by atoms with E-state index in [1.54, 1.807) is 6.92 Å². The number of rotatable bonds is 6. The quantitative estimate of drug-likeness (QED) is 0.628. The normalized spacial score (nSPS) is 14.0. The highest BCUT2D eigenvalue weighted by Gasteiger charge is 2.30. The van der Waals surface area contributed by atoms with E-state index in [4.69, 9.17) is 10.00 Å². The molecule has 0 radical (unpaired) electrons. The molecule has 9 heteroatoms. The van der Waals surface area contributed by atoms with Crippen molar-refractivity contribution in [1.82, 2.24) is 4.72 Å². The van der Waals surface area contributed by atoms with Gasteiger partial charge in [0.25, 0.3) is 0 Å². The fourth-order valence-electron chi connectivity index (χ4n) is 1.51. The Morgan fingerprint density at radius 1 is 1.52 bits per heavy atom. The average Bonchev–Trinajstić information content (AvgIpc) is 2.45. The smallest absolute Gasteiger partial charge is 0.312 e. The number of ether oxygens (including phenoxy) is 1. The van der Waals surface area contributed by atoms with E-state index in [1.165, 1.54) is 26.2 Å². The first-order valence-corrected chi connectivity index (χ1v) is 7.45. The Morgan fingerprint density at radius 2 is 2.14 bits per heavy atom. The van der Waals surface area contributed by atoms with E-state index in [-0.39, 0.29) is 17.1 Å². The van der Waals surface area contributed by atoms with E-state index in [9.17, 15) is 18.5 Å². The van der Waals surface area contributed by atoms with Crippen molar-refractivity contribution in [2.45, 2.75) is 30.7 Å². The van der Waals surface area contributed by atoms with Crippen molar-refractivity contribution in [1.29, 1.82) is 5.26 Å². The van der Waals surface area contributed by atoms with Crippen molar-refractivity contribution in [2.75, 3.05) is 7.11 Å². The van der Waals surface area contributed by atoms with Gasteiger partial charge in [-0.25, -0.2) is 8.42 Å². The van der Waals surface area contributed by atoms with Crippen LogP contribution in [-0.2, 0) is 10.0 Å². The molecule has 0 aromatic heterocycles. The van der Waals surface area contributed by atoms with E-state index in [2.05, 4.69) is 4.72 Å². The predicted octanol–water partition coefficient (Wildman–Crippen LogP) is 1.57. The first-order valence-electron chi connectivity index (χ1n) is 5.97. The molecule has 0 heterocycles. The van der Waals surface area contributed by atoms with Gasteiger partial charge < -0.3 is 4.74 Å². The lowest BCUT2D eigenvalue weighted by atomic mass is 10.0. The standard InChI is InChI=1S/C12H15N3O5S/c1-4-12(2,8-13)14-21(18,19)9-5-6-11(20-3)10(7-9)15(16)17/h5-7,14H,4H2,1-3H3. The van der Waals surface area contributed by atoms with Crippen molar-refractivity contribution >= 4 is 15.7 Å². The molecule has 1 rings (SSSR count). The number of benzene rings is 1. The maximum atomic E-state index is 12.2. The molecule has 1 aromatic carbocycles. The molecule has 1 unspecified atom stereocenters. The lowest BCUT2D eigenvalue weighted by Crippen LogP contribution is -2.44. The number of methoxy groups -OCH3 is 1. The van der Waals surface area contributed by atoms with Gasteiger partial charge in [-0.3, -0.25) is 10.1 Å². The van der Waals surface area contributed by atoms with Crippen LogP contribution >= 0.6 is 0 Å². The van der Waals surface area contributed by atoms with E-state index in [1.807, 2.05) is 6.07 Å². The monoisotopic (exact) mass is 313 g/mol. The van der Waals surface area contributed by atoms with E-state index in [0.717, 1.165) is 6.07 Å². The third kappa shape index (κ3) is 3.68. The van der Waals surface area contributed by atoms with Crippen LogP contribution in [0.2, 0.25) is 0 Å². The van der Waals surface area contributed by atoms with Gasteiger partial charge in [0.1, 0.15) is 5.54 Å². The zero-order valence-corrected chi connectivity index (χ0v) is 12.6. The zero-order chi connectivity index (χ0) is 16.3. The van der Waals surface area contributed by atoms with Crippen LogP contribution in [-0.4, -0.2) is 26.0 Å². The SMILES string of the molecule is CCC(C)(C#N)NS(=O)(=O)c1ccc(OC)c([N+](=O)[O-])c1. The largest absolute Gasteiger partial charge is 0.490 e. The summed E-state index contributed by atoms with van der Waals surface area (Å²) in [5.41, 5.74) is -1.75. The molecular weight excluding hydrogens is 298 g/mol. The summed E-state index contributed by atoms with van der Waals surface area (Å²) in [4.78, 5) is 9.88. The van der Waals surface area contributed by atoms with Gasteiger partial charge in [-0.2, -0.15) is 9.98 Å². The maximum absolute atomic E-state index is 12.2. The van der Waals surface area contributed by atoms with Gasteiger partial charge >= 0.3 is 5.69 Å². The van der Waals surface area contributed by atoms with Crippen molar-refractivity contribution < 1.29 is 18.1 Å². The Hall–Kier alpha value is -2.18. The minimum Gasteiger partial charge on any atom is -0.490 e. The molecule has 0 amide bonds. The lowest BCUT2D eigenvalue weighted by Gasteiger charge is -2.21. The second kappa shape index (κ2) is 6.07. The van der Waals surface area contributed by atoms with Gasteiger partial charge in [0.2, 0.25) is 10.0 Å². The van der Waals surface area contributed by atoms with Crippen LogP contribution in [0.25, 0.3) is 0 Å². The van der Waals surface area contributed by atoms with Crippen molar-refractivity contribution in [3.63, 3.8) is 0 Å². The molecule has 0 aliphatic carbocycles. The maximum Gasteiger partial charge on any atom is 0.312 e. The summed E-state index contributed by atoms with van der Waals surface area (Å²) in [5, 5.41) is 19.9. The molecule has 114 valence electrons. The van der Waals surface area contributed by atoms with Gasteiger partial charge in [0.15, 0.2) is 5.75 Å². The summed E-state index contributed by atoms with van der Waals surface area (Å²) in [6.07, 6.45) is 0.251. The first-order chi connectivity index (χ1) is 9.69. The Balaban J connectivity index is 3.31. The van der Waals surface area contributed by atoms with E-state index in [0.29, 0.717) is 0 Å². The number of nitriles is 1. The van der Waals surface area contributed by atoms with Crippen molar-refractivity contribution in [3.05, 3.63) is 28.3 Å². The average molecular weight is 313 g/mol. The van der Waals surface area contributed by atoms with Gasteiger partial charge in [-0.15, -0.1) is 0 Å². The highest BCUT2D eigenvalue weighted by molar-refractivity contribution is 7.89. The topological polar surface area (TPSA) is 122 Å². The van der Waals surface area contributed by atoms with E-state index >= 15 is 0 Å². The number of nitro groups is 1. The fourth-order valence-corrected chi connectivity index (χ4v) is 2.92. The van der Waals surface area contributed by atoms with Gasteiger partial charge in [0, 0.05) is 6.07 Å². The molecular formula is C12H15N3O5S. The number of hydrogen-bond donors (Lipinski definition) is 1. The molecule has 0 aliphatic rings. The second-order valence-electron chi connectivity index (χ2n) is 4.49. The molecule has 1 aromatic rings. The lowest BCUT2D eigenvalue weighted by molar-refractivity contribution is -0.386. The highest BCUT2D eigenvalue weighted by atomic mass is 32.2. The summed E-state index contributed by atoms with van der Waals surface area (Å²) in [6.45, 7) is 3.09. The molecule has 0 spiro atoms. The van der Waals surface area contributed by atoms with Gasteiger partial charge in [-0.1, -0.05) is 6.92 Å². The Morgan fingerprint density at radius 3 is 2.57 bits per heavy atom. The van der Waals surface area contributed by atoms with Crippen LogP contribution in [0, 0.1) is 21.4 Å². The number of sulfonamides is 1. The summed E-state index contributed by atoms with van der Waals surface area (Å²) in [5.74, 6) is -0.0440. The molecule has 0 aliphatic heterocycles. The molecule has 0 fully saturated rings. The Bertz CT molecular complexity index is 695. The zero-order valence-electron chi connectivity index (χ0n) is 11.8. The van der Waals surface area contributed by atoms with Gasteiger partial charge in [0.05, 0.1) is 23.0 Å². The van der Waals surface area contributed by atoms with Gasteiger partial charge in [-0.05, 0) is 25.5 Å². The third-order valence-corrected chi connectivity index (χ3v) is 4.56. The highest BCUT2D eigenvalue weighted by Crippen LogP contribution is 2.29. The number of nitro benzene ring substituents is 1. The van der Waals surface area contributed by atoms with Crippen LogP contribution in [0.1, 0.15) is 20.3 Å². The molecule has 1 atom stereocenters. The van der Waals surface area contributed by atoms with Crippen LogP contribution in [0.3, 0.4) is 0 Å². The van der Waals surface area contributed by atoms with Crippen LogP contribution < -0.4 is 9.46 Å². The van der Waals surface area contributed by atoms with Crippen LogP contribution in [0.4, 0.5) is 5.69 Å². The molecule has 8 nitrogen and oxygen atoms in total. The van der Waals surface area contributed by atoms with Crippen LogP contribution in [0.15, 0.2) is 23.1 Å². The van der Waals surface area contributed by atoms with E-state index < -0.39 is 26.2 Å². The molecule has 1 N–H and O–H groups in total.